The molecule has 0 aromatic rings. The van der Waals surface area contributed by atoms with Gasteiger partial charge in [0, 0.05) is 12.8 Å². The first-order valence-electron chi connectivity index (χ1n) is 5.02. The average molecular weight is 202 g/mol. The van der Waals surface area contributed by atoms with Gasteiger partial charge in [0.15, 0.2) is 0 Å². The lowest BCUT2D eigenvalue weighted by Gasteiger charge is -2.02. The summed E-state index contributed by atoms with van der Waals surface area (Å²) in [5.41, 5.74) is 0. The third-order valence-electron chi connectivity index (χ3n) is 1.53. The molecule has 4 heteroatoms. The number of carbonyl (C=O) groups is 2. The minimum Gasteiger partial charge on any atom is -0.466 e. The van der Waals surface area contributed by atoms with Crippen molar-refractivity contribution in [2.24, 2.45) is 0 Å². The van der Waals surface area contributed by atoms with Crippen LogP contribution in [0, 0.1) is 0 Å². The molecule has 0 radical (unpaired) electrons. The molecule has 0 fully saturated rings. The maximum absolute atomic E-state index is 11.0. The van der Waals surface area contributed by atoms with Crippen molar-refractivity contribution in [3.8, 4) is 0 Å². The Morgan fingerprint density at radius 1 is 1.00 bits per heavy atom. The molecule has 0 N–H and O–H groups in total. The van der Waals surface area contributed by atoms with Crippen LogP contribution in [0.1, 0.15) is 39.5 Å². The van der Waals surface area contributed by atoms with Gasteiger partial charge < -0.3 is 9.47 Å². The molecule has 0 spiro atoms. The van der Waals surface area contributed by atoms with Crippen LogP contribution in [0.4, 0.5) is 0 Å². The topological polar surface area (TPSA) is 52.6 Å². The van der Waals surface area contributed by atoms with E-state index in [2.05, 4.69) is 0 Å². The molecule has 0 amide bonds. The number of ether oxygens (including phenoxy) is 2. The highest BCUT2D eigenvalue weighted by Gasteiger charge is 2.05. The van der Waals surface area contributed by atoms with Crippen molar-refractivity contribution in [1.29, 1.82) is 0 Å². The van der Waals surface area contributed by atoms with Gasteiger partial charge in [-0.3, -0.25) is 9.59 Å². The molecule has 0 atom stereocenters. The molecule has 82 valence electrons. The summed E-state index contributed by atoms with van der Waals surface area (Å²) in [6.07, 6.45) is 1.90. The third-order valence-corrected chi connectivity index (χ3v) is 1.53. The van der Waals surface area contributed by atoms with Crippen molar-refractivity contribution in [2.45, 2.75) is 39.5 Å². The smallest absolute Gasteiger partial charge is 0.305 e. The minimum atomic E-state index is -0.254. The summed E-state index contributed by atoms with van der Waals surface area (Å²) in [6.45, 7) is 4.54. The van der Waals surface area contributed by atoms with E-state index in [1.54, 1.807) is 6.92 Å². The summed E-state index contributed by atoms with van der Waals surface area (Å²) < 4.78 is 9.56. The molecule has 0 saturated heterocycles. The highest BCUT2D eigenvalue weighted by molar-refractivity contribution is 5.72. The van der Waals surface area contributed by atoms with Gasteiger partial charge in [-0.25, -0.2) is 0 Å². The first-order chi connectivity index (χ1) is 6.70. The van der Waals surface area contributed by atoms with Gasteiger partial charge in [0.25, 0.3) is 0 Å². The average Bonchev–Trinajstić information content (AvgIpc) is 2.15. The van der Waals surface area contributed by atoms with Crippen LogP contribution in [-0.4, -0.2) is 25.2 Å². The molecular formula is C10H18O4. The van der Waals surface area contributed by atoms with Gasteiger partial charge in [-0.2, -0.15) is 0 Å². The summed E-state index contributed by atoms with van der Waals surface area (Å²) in [7, 11) is 0. The summed E-state index contributed by atoms with van der Waals surface area (Å²) in [5.74, 6) is -0.494. The number of rotatable bonds is 7. The molecule has 4 nitrogen and oxygen atoms in total. The van der Waals surface area contributed by atoms with Crippen LogP contribution >= 0.6 is 0 Å². The zero-order chi connectivity index (χ0) is 10.8. The predicted molar refractivity (Wildman–Crippen MR) is 51.7 cm³/mol. The quantitative estimate of drug-likeness (QED) is 0.589. The number of hydrogen-bond donors (Lipinski definition) is 0. The zero-order valence-electron chi connectivity index (χ0n) is 8.88. The van der Waals surface area contributed by atoms with Gasteiger partial charge in [-0.05, 0) is 19.8 Å². The van der Waals surface area contributed by atoms with E-state index in [0.717, 1.165) is 6.42 Å². The molecule has 0 aliphatic heterocycles. The minimum absolute atomic E-state index is 0.240. The fourth-order valence-electron chi connectivity index (χ4n) is 0.898. The number of hydrogen-bond acceptors (Lipinski definition) is 4. The molecular weight excluding hydrogens is 184 g/mol. The highest BCUT2D eigenvalue weighted by Crippen LogP contribution is 2.00. The normalized spacial score (nSPS) is 9.57. The Kier molecular flexibility index (Phi) is 7.89. The SMILES string of the molecule is CCCOC(=O)CCCC(=O)OCC. The Balaban J connectivity index is 3.34. The molecule has 0 unspecified atom stereocenters. The fraction of sp³-hybridized carbons (Fsp3) is 0.800. The number of carbonyl (C=O) groups excluding carboxylic acids is 2. The largest absolute Gasteiger partial charge is 0.466 e. The molecule has 0 saturated carbocycles. The Morgan fingerprint density at radius 3 is 2.07 bits per heavy atom. The summed E-state index contributed by atoms with van der Waals surface area (Å²) >= 11 is 0. The van der Waals surface area contributed by atoms with Crippen LogP contribution in [0.25, 0.3) is 0 Å². The molecule has 0 aliphatic carbocycles. The Bertz CT molecular complexity index is 177. The van der Waals surface area contributed by atoms with Crippen LogP contribution in [0.15, 0.2) is 0 Å². The third kappa shape index (κ3) is 7.58. The van der Waals surface area contributed by atoms with Crippen molar-refractivity contribution in [3.05, 3.63) is 0 Å². The lowest BCUT2D eigenvalue weighted by Crippen LogP contribution is -2.08. The van der Waals surface area contributed by atoms with Gasteiger partial charge in [0.05, 0.1) is 13.2 Å². The molecule has 0 rings (SSSR count). The highest BCUT2D eigenvalue weighted by atomic mass is 16.5. The van der Waals surface area contributed by atoms with Crippen LogP contribution in [0.3, 0.4) is 0 Å². The van der Waals surface area contributed by atoms with E-state index < -0.39 is 0 Å². The van der Waals surface area contributed by atoms with Crippen molar-refractivity contribution >= 4 is 11.9 Å². The maximum atomic E-state index is 11.0. The van der Waals surface area contributed by atoms with Gasteiger partial charge in [-0.1, -0.05) is 6.92 Å². The standard InChI is InChI=1S/C10H18O4/c1-3-8-14-10(12)7-5-6-9(11)13-4-2/h3-8H2,1-2H3. The first kappa shape index (κ1) is 12.9. The van der Waals surface area contributed by atoms with E-state index in [0.29, 0.717) is 26.1 Å². The first-order valence-corrected chi connectivity index (χ1v) is 5.02. The van der Waals surface area contributed by atoms with E-state index in [1.165, 1.54) is 0 Å². The Hall–Kier alpha value is -1.06. The van der Waals surface area contributed by atoms with Crippen LogP contribution in [-0.2, 0) is 19.1 Å². The molecule has 0 aromatic heterocycles. The van der Waals surface area contributed by atoms with Gasteiger partial charge in [-0.15, -0.1) is 0 Å². The van der Waals surface area contributed by atoms with E-state index in [-0.39, 0.29) is 18.4 Å². The van der Waals surface area contributed by atoms with Gasteiger partial charge in [0.2, 0.25) is 0 Å². The molecule has 0 bridgehead atoms. The van der Waals surface area contributed by atoms with Crippen molar-refractivity contribution in [2.75, 3.05) is 13.2 Å². The summed E-state index contributed by atoms with van der Waals surface area (Å²) in [4.78, 5) is 21.8. The monoisotopic (exact) mass is 202 g/mol. The molecule has 0 aliphatic rings. The molecule has 14 heavy (non-hydrogen) atoms. The van der Waals surface area contributed by atoms with Crippen molar-refractivity contribution in [1.82, 2.24) is 0 Å². The molecule has 0 heterocycles. The van der Waals surface area contributed by atoms with Crippen LogP contribution < -0.4 is 0 Å². The predicted octanol–water partition coefficient (Wildman–Crippen LogP) is 1.67. The van der Waals surface area contributed by atoms with Gasteiger partial charge in [0.1, 0.15) is 0 Å². The van der Waals surface area contributed by atoms with E-state index in [9.17, 15) is 9.59 Å². The second-order valence-corrected chi connectivity index (χ2v) is 2.88. The molecule has 0 aromatic carbocycles. The van der Waals surface area contributed by atoms with Gasteiger partial charge >= 0.3 is 11.9 Å². The Labute approximate surface area is 84.6 Å². The fourth-order valence-corrected chi connectivity index (χ4v) is 0.898. The summed E-state index contributed by atoms with van der Waals surface area (Å²) in [6, 6.07) is 0. The zero-order valence-corrected chi connectivity index (χ0v) is 8.88. The van der Waals surface area contributed by atoms with Crippen LogP contribution in [0.5, 0.6) is 0 Å². The maximum Gasteiger partial charge on any atom is 0.305 e. The Morgan fingerprint density at radius 2 is 1.57 bits per heavy atom. The van der Waals surface area contributed by atoms with Crippen molar-refractivity contribution < 1.29 is 19.1 Å². The lowest BCUT2D eigenvalue weighted by molar-refractivity contribution is -0.145. The van der Waals surface area contributed by atoms with E-state index >= 15 is 0 Å². The number of esters is 2. The summed E-state index contributed by atoms with van der Waals surface area (Å²) in [5, 5.41) is 0. The lowest BCUT2D eigenvalue weighted by atomic mass is 10.2. The van der Waals surface area contributed by atoms with E-state index in [1.807, 2.05) is 6.92 Å². The van der Waals surface area contributed by atoms with E-state index in [4.69, 9.17) is 9.47 Å². The second kappa shape index (κ2) is 8.53. The second-order valence-electron chi connectivity index (χ2n) is 2.88. The van der Waals surface area contributed by atoms with Crippen molar-refractivity contribution in [3.63, 3.8) is 0 Å². The van der Waals surface area contributed by atoms with Crippen LogP contribution in [0.2, 0.25) is 0 Å².